The second-order valence-electron chi connectivity index (χ2n) is 7.64. The lowest BCUT2D eigenvalue weighted by Crippen LogP contribution is -2.41. The van der Waals surface area contributed by atoms with E-state index in [0.717, 1.165) is 25.2 Å². The van der Waals surface area contributed by atoms with Crippen LogP contribution in [0.15, 0.2) is 53.7 Å². The fourth-order valence-corrected chi connectivity index (χ4v) is 4.51. The number of morpholine rings is 1. The normalized spacial score (nSPS) is 15.3. The van der Waals surface area contributed by atoms with Crippen molar-refractivity contribution in [3.63, 3.8) is 0 Å². The van der Waals surface area contributed by atoms with Crippen molar-refractivity contribution >= 4 is 17.7 Å². The molecule has 4 rings (SSSR count). The topological polar surface area (TPSA) is 83.1 Å². The van der Waals surface area contributed by atoms with E-state index in [-0.39, 0.29) is 29.2 Å². The third kappa shape index (κ3) is 6.83. The number of benzene rings is 2. The molecule has 174 valence electrons. The Morgan fingerprint density at radius 1 is 1.09 bits per heavy atom. The molecule has 1 unspecified atom stereocenters. The molecule has 1 aromatic heterocycles. The van der Waals surface area contributed by atoms with E-state index in [4.69, 9.17) is 4.74 Å². The lowest BCUT2D eigenvalue weighted by Gasteiger charge is -2.26. The van der Waals surface area contributed by atoms with Crippen molar-refractivity contribution < 1.29 is 18.3 Å². The van der Waals surface area contributed by atoms with E-state index in [1.165, 1.54) is 36.0 Å². The minimum absolute atomic E-state index is 0.0978. The van der Waals surface area contributed by atoms with Gasteiger partial charge in [-0.1, -0.05) is 23.9 Å². The number of H-pyrrole nitrogens is 1. The first-order valence-corrected chi connectivity index (χ1v) is 11.6. The summed E-state index contributed by atoms with van der Waals surface area (Å²) in [6.07, 6.45) is 0.194. The minimum atomic E-state index is -0.339. The van der Waals surface area contributed by atoms with Crippen LogP contribution in [0.3, 0.4) is 0 Å². The van der Waals surface area contributed by atoms with E-state index in [9.17, 15) is 13.6 Å². The fraction of sp³-hybridized carbons (Fsp3) is 0.348. The third-order valence-corrected chi connectivity index (χ3v) is 6.41. The maximum absolute atomic E-state index is 13.4. The number of hydrogen-bond donors (Lipinski definition) is 2. The largest absolute Gasteiger partial charge is 0.379 e. The van der Waals surface area contributed by atoms with Crippen LogP contribution in [0.25, 0.3) is 11.4 Å². The van der Waals surface area contributed by atoms with E-state index in [1.54, 1.807) is 24.3 Å². The van der Waals surface area contributed by atoms with E-state index in [1.807, 2.05) is 0 Å². The SMILES string of the molecule is O=C(CC(Sc1n[nH]c(-c2ccc(F)cc2)n1)c1ccc(F)cc1)NCCN1CCOCC1. The van der Waals surface area contributed by atoms with Crippen LogP contribution in [0.5, 0.6) is 0 Å². The molecule has 10 heteroatoms. The molecule has 2 aromatic carbocycles. The van der Waals surface area contributed by atoms with Gasteiger partial charge in [0.2, 0.25) is 11.1 Å². The van der Waals surface area contributed by atoms with Crippen LogP contribution in [0, 0.1) is 11.6 Å². The number of amides is 1. The molecule has 1 saturated heterocycles. The zero-order chi connectivity index (χ0) is 23.0. The van der Waals surface area contributed by atoms with Crippen LogP contribution in [-0.4, -0.2) is 65.4 Å². The molecular weight excluding hydrogens is 448 g/mol. The number of halogens is 2. The summed E-state index contributed by atoms with van der Waals surface area (Å²) in [7, 11) is 0. The van der Waals surface area contributed by atoms with Crippen LogP contribution in [0.2, 0.25) is 0 Å². The Morgan fingerprint density at radius 3 is 2.45 bits per heavy atom. The number of carbonyl (C=O) groups is 1. The molecule has 1 aliphatic heterocycles. The summed E-state index contributed by atoms with van der Waals surface area (Å²) in [6, 6.07) is 12.0. The summed E-state index contributed by atoms with van der Waals surface area (Å²) in [6.45, 7) is 4.48. The molecule has 3 aromatic rings. The average Bonchev–Trinajstić information content (AvgIpc) is 3.29. The highest BCUT2D eigenvalue weighted by Crippen LogP contribution is 2.36. The van der Waals surface area contributed by atoms with Crippen molar-refractivity contribution in [3.8, 4) is 11.4 Å². The van der Waals surface area contributed by atoms with Gasteiger partial charge in [-0.3, -0.25) is 14.8 Å². The van der Waals surface area contributed by atoms with Crippen molar-refractivity contribution in [2.45, 2.75) is 16.8 Å². The Morgan fingerprint density at radius 2 is 1.76 bits per heavy atom. The van der Waals surface area contributed by atoms with Crippen molar-refractivity contribution in [1.82, 2.24) is 25.4 Å². The maximum Gasteiger partial charge on any atom is 0.221 e. The number of aromatic amines is 1. The Labute approximate surface area is 194 Å². The molecule has 0 bridgehead atoms. The van der Waals surface area contributed by atoms with Crippen molar-refractivity contribution in [2.75, 3.05) is 39.4 Å². The smallest absolute Gasteiger partial charge is 0.221 e. The van der Waals surface area contributed by atoms with Gasteiger partial charge < -0.3 is 10.1 Å². The Balaban J connectivity index is 1.40. The molecule has 0 aliphatic carbocycles. The van der Waals surface area contributed by atoms with Crippen LogP contribution in [0.1, 0.15) is 17.2 Å². The molecule has 1 amide bonds. The van der Waals surface area contributed by atoms with E-state index in [0.29, 0.717) is 36.3 Å². The predicted molar refractivity (Wildman–Crippen MR) is 122 cm³/mol. The summed E-state index contributed by atoms with van der Waals surface area (Å²) >= 11 is 1.32. The van der Waals surface area contributed by atoms with Crippen molar-refractivity contribution in [3.05, 3.63) is 65.7 Å². The molecule has 2 heterocycles. The second-order valence-corrected chi connectivity index (χ2v) is 8.81. The van der Waals surface area contributed by atoms with Gasteiger partial charge in [0.25, 0.3) is 0 Å². The number of thioether (sulfide) groups is 1. The lowest BCUT2D eigenvalue weighted by atomic mass is 10.1. The zero-order valence-corrected chi connectivity index (χ0v) is 18.8. The Kier molecular flexibility index (Phi) is 8.03. The highest BCUT2D eigenvalue weighted by atomic mass is 32.2. The maximum atomic E-state index is 13.4. The van der Waals surface area contributed by atoms with Crippen LogP contribution >= 0.6 is 11.8 Å². The van der Waals surface area contributed by atoms with Gasteiger partial charge in [-0.25, -0.2) is 13.8 Å². The Bertz CT molecular complexity index is 1040. The summed E-state index contributed by atoms with van der Waals surface area (Å²) in [4.78, 5) is 19.4. The fourth-order valence-electron chi connectivity index (χ4n) is 3.49. The van der Waals surface area contributed by atoms with Crippen LogP contribution < -0.4 is 5.32 Å². The molecule has 1 atom stereocenters. The first kappa shape index (κ1) is 23.3. The molecule has 0 radical (unpaired) electrons. The van der Waals surface area contributed by atoms with Crippen LogP contribution in [0.4, 0.5) is 8.78 Å². The number of rotatable bonds is 9. The number of carbonyl (C=O) groups excluding carboxylic acids is 1. The first-order chi connectivity index (χ1) is 16.1. The second kappa shape index (κ2) is 11.4. The number of hydrogen-bond acceptors (Lipinski definition) is 6. The van der Waals surface area contributed by atoms with Gasteiger partial charge in [-0.15, -0.1) is 5.10 Å². The molecule has 2 N–H and O–H groups in total. The summed E-state index contributed by atoms with van der Waals surface area (Å²) < 4.78 is 32.0. The number of aromatic nitrogens is 3. The molecule has 33 heavy (non-hydrogen) atoms. The van der Waals surface area contributed by atoms with E-state index >= 15 is 0 Å². The van der Waals surface area contributed by atoms with Crippen LogP contribution in [-0.2, 0) is 9.53 Å². The van der Waals surface area contributed by atoms with Gasteiger partial charge in [-0.2, -0.15) is 0 Å². The standard InChI is InChI=1S/C23H25F2N5O2S/c24-18-5-1-16(2-6-18)20(15-21(31)26-9-10-30-11-13-32-14-12-30)33-23-27-22(28-29-23)17-3-7-19(25)8-4-17/h1-8,20H,9-15H2,(H,26,31)(H,27,28,29). The summed E-state index contributed by atoms with van der Waals surface area (Å²) in [5, 5.41) is 10.2. The Hall–Kier alpha value is -2.82. The third-order valence-electron chi connectivity index (χ3n) is 5.30. The highest BCUT2D eigenvalue weighted by molar-refractivity contribution is 7.99. The molecule has 0 saturated carbocycles. The molecular formula is C23H25F2N5O2S. The minimum Gasteiger partial charge on any atom is -0.379 e. The summed E-state index contributed by atoms with van der Waals surface area (Å²) in [5.41, 5.74) is 1.51. The zero-order valence-electron chi connectivity index (χ0n) is 18.0. The van der Waals surface area contributed by atoms with Gasteiger partial charge in [0.1, 0.15) is 11.6 Å². The summed E-state index contributed by atoms with van der Waals surface area (Å²) in [5.74, 6) is -0.262. The number of nitrogens with one attached hydrogen (secondary N) is 2. The molecule has 0 spiro atoms. The van der Waals surface area contributed by atoms with Gasteiger partial charge >= 0.3 is 0 Å². The van der Waals surface area contributed by atoms with Crippen molar-refractivity contribution in [2.24, 2.45) is 0 Å². The van der Waals surface area contributed by atoms with E-state index in [2.05, 4.69) is 25.4 Å². The van der Waals surface area contributed by atoms with Gasteiger partial charge in [0.15, 0.2) is 5.82 Å². The monoisotopic (exact) mass is 473 g/mol. The molecule has 1 fully saturated rings. The quantitative estimate of drug-likeness (QED) is 0.464. The molecule has 1 aliphatic rings. The average molecular weight is 474 g/mol. The molecule has 7 nitrogen and oxygen atoms in total. The van der Waals surface area contributed by atoms with Gasteiger partial charge in [0.05, 0.1) is 13.2 Å². The predicted octanol–water partition coefficient (Wildman–Crippen LogP) is 3.42. The van der Waals surface area contributed by atoms with Gasteiger partial charge in [0, 0.05) is 43.4 Å². The van der Waals surface area contributed by atoms with Crippen molar-refractivity contribution in [1.29, 1.82) is 0 Å². The lowest BCUT2D eigenvalue weighted by molar-refractivity contribution is -0.121. The first-order valence-electron chi connectivity index (χ1n) is 10.7. The number of ether oxygens (including phenoxy) is 1. The highest BCUT2D eigenvalue weighted by Gasteiger charge is 2.21. The van der Waals surface area contributed by atoms with E-state index < -0.39 is 0 Å². The number of nitrogens with zero attached hydrogens (tertiary/aromatic N) is 3. The van der Waals surface area contributed by atoms with Gasteiger partial charge in [-0.05, 0) is 42.0 Å².